The summed E-state index contributed by atoms with van der Waals surface area (Å²) in [6.45, 7) is 2.04. The summed E-state index contributed by atoms with van der Waals surface area (Å²) < 4.78 is 4.88. The summed E-state index contributed by atoms with van der Waals surface area (Å²) in [6.07, 6.45) is 1.72. The highest BCUT2D eigenvalue weighted by Gasteiger charge is 2.03. The van der Waals surface area contributed by atoms with Crippen LogP contribution in [-0.4, -0.2) is 18.9 Å². The third-order valence-corrected chi connectivity index (χ3v) is 1.48. The molecule has 3 nitrogen and oxygen atoms in total. The van der Waals surface area contributed by atoms with Gasteiger partial charge in [0, 0.05) is 0 Å². The summed E-state index contributed by atoms with van der Waals surface area (Å²) in [6, 6.07) is 0. The first-order valence-corrected chi connectivity index (χ1v) is 3.78. The highest BCUT2D eigenvalue weighted by Crippen LogP contribution is 2.06. The molecule has 0 heterocycles. The van der Waals surface area contributed by atoms with E-state index in [2.05, 4.69) is 4.74 Å². The maximum atomic E-state index is 10.7. The smallest absolute Gasteiger partial charge is 0.344 e. The molecule has 0 saturated heterocycles. The van der Waals surface area contributed by atoms with E-state index in [9.17, 15) is 9.59 Å². The van der Waals surface area contributed by atoms with Gasteiger partial charge in [0.1, 0.15) is 9.87 Å². The Balaban J connectivity index is 3.93. The van der Waals surface area contributed by atoms with Crippen molar-refractivity contribution in [2.24, 2.45) is 0 Å². The number of carbonyl (C=O) groups is 2. The van der Waals surface area contributed by atoms with E-state index >= 15 is 0 Å². The molecule has 10 heavy (non-hydrogen) atoms. The maximum absolute atomic E-state index is 10.7. The minimum atomic E-state index is -0.449. The number of rotatable bonds is 3. The quantitative estimate of drug-likeness (QED) is 0.327. The first-order valence-electron chi connectivity index (χ1n) is 2.70. The number of esters is 1. The number of halogens is 1. The summed E-state index contributed by atoms with van der Waals surface area (Å²) in [7, 11) is 0. The van der Waals surface area contributed by atoms with E-state index in [1.807, 2.05) is 0 Å². The number of hydrogen-bond donors (Lipinski definition) is 0. The monoisotopic (exact) mass is 254 g/mol. The number of aldehydes is 1. The Labute approximate surface area is 72.6 Å². The van der Waals surface area contributed by atoms with Crippen LogP contribution >= 0.6 is 22.6 Å². The molecule has 0 aromatic carbocycles. The summed E-state index contributed by atoms with van der Waals surface area (Å²) >= 11 is 1.75. The minimum Gasteiger partial charge on any atom is -0.462 e. The maximum Gasteiger partial charge on any atom is 0.344 e. The topological polar surface area (TPSA) is 43.4 Å². The number of allylic oxidation sites excluding steroid dienone is 1. The van der Waals surface area contributed by atoms with Crippen LogP contribution in [0, 0.1) is 0 Å². The van der Waals surface area contributed by atoms with Gasteiger partial charge in [0.2, 0.25) is 0 Å². The van der Waals surface area contributed by atoms with Crippen LogP contribution in [0.1, 0.15) is 6.92 Å². The fraction of sp³-hybridized carbons (Fsp3) is 0.333. The number of hydrogen-bond acceptors (Lipinski definition) is 3. The van der Waals surface area contributed by atoms with Crippen LogP contribution in [-0.2, 0) is 14.3 Å². The molecule has 0 N–H and O–H groups in total. The van der Waals surface area contributed by atoms with Crippen molar-refractivity contribution >= 4 is 34.8 Å². The Hall–Kier alpha value is -0.390. The molecular formula is C6H7IO3. The molecule has 0 unspecified atom stereocenters. The molecule has 4 heteroatoms. The van der Waals surface area contributed by atoms with Gasteiger partial charge in [-0.15, -0.1) is 0 Å². The third-order valence-electron chi connectivity index (χ3n) is 0.685. The van der Waals surface area contributed by atoms with Crippen molar-refractivity contribution in [3.05, 3.63) is 9.66 Å². The second-order valence-electron chi connectivity index (χ2n) is 1.37. The van der Waals surface area contributed by atoms with Gasteiger partial charge < -0.3 is 4.74 Å². The van der Waals surface area contributed by atoms with Crippen LogP contribution in [0.15, 0.2) is 9.66 Å². The summed E-state index contributed by atoms with van der Waals surface area (Å²) in [5.74, 6) is -0.449. The van der Waals surface area contributed by atoms with Crippen molar-refractivity contribution in [1.29, 1.82) is 0 Å². The second kappa shape index (κ2) is 5.40. The van der Waals surface area contributed by atoms with Crippen molar-refractivity contribution in [2.45, 2.75) is 6.92 Å². The molecule has 0 spiro atoms. The predicted molar refractivity (Wildman–Crippen MR) is 44.8 cm³/mol. The molecule has 0 amide bonds. The highest BCUT2D eigenvalue weighted by molar-refractivity contribution is 14.1. The molecule has 0 aliphatic carbocycles. The molecule has 0 rings (SSSR count). The normalized spacial score (nSPS) is 10.8. The second-order valence-corrected chi connectivity index (χ2v) is 2.53. The van der Waals surface area contributed by atoms with Gasteiger partial charge in [0.05, 0.1) is 6.61 Å². The van der Waals surface area contributed by atoms with E-state index in [0.717, 1.165) is 0 Å². The van der Waals surface area contributed by atoms with Gasteiger partial charge in [-0.2, -0.15) is 0 Å². The molecule has 0 aromatic heterocycles. The zero-order chi connectivity index (χ0) is 7.98. The van der Waals surface area contributed by atoms with Gasteiger partial charge in [0.25, 0.3) is 0 Å². The molecule has 0 atom stereocenters. The first kappa shape index (κ1) is 9.61. The minimum absolute atomic E-state index is 0.300. The fourth-order valence-corrected chi connectivity index (χ4v) is 0.630. The van der Waals surface area contributed by atoms with Crippen LogP contribution in [0.25, 0.3) is 0 Å². The summed E-state index contributed by atoms with van der Waals surface area (Å²) in [5, 5.41) is 0. The van der Waals surface area contributed by atoms with Crippen molar-refractivity contribution in [2.75, 3.05) is 6.61 Å². The lowest BCUT2D eigenvalue weighted by Crippen LogP contribution is -2.03. The molecule has 0 bridgehead atoms. The van der Waals surface area contributed by atoms with Gasteiger partial charge in [-0.3, -0.25) is 4.79 Å². The van der Waals surface area contributed by atoms with Gasteiger partial charge in [0.15, 0.2) is 0 Å². The lowest BCUT2D eigenvalue weighted by atomic mass is 10.5. The van der Waals surface area contributed by atoms with Crippen molar-refractivity contribution in [1.82, 2.24) is 0 Å². The van der Waals surface area contributed by atoms with Crippen molar-refractivity contribution in [3.63, 3.8) is 0 Å². The van der Waals surface area contributed by atoms with E-state index in [1.54, 1.807) is 29.5 Å². The Kier molecular flexibility index (Phi) is 5.19. The summed E-state index contributed by atoms with van der Waals surface area (Å²) in [5.41, 5.74) is 0. The Morgan fingerprint density at radius 2 is 2.30 bits per heavy atom. The predicted octanol–water partition coefficient (Wildman–Crippen LogP) is 1.07. The van der Waals surface area contributed by atoms with E-state index in [0.29, 0.717) is 16.5 Å². The zero-order valence-electron chi connectivity index (χ0n) is 5.46. The van der Waals surface area contributed by atoms with Crippen LogP contribution in [0.4, 0.5) is 0 Å². The average molecular weight is 254 g/mol. The zero-order valence-corrected chi connectivity index (χ0v) is 7.62. The largest absolute Gasteiger partial charge is 0.462 e. The molecule has 0 aliphatic heterocycles. The Bertz CT molecular complexity index is 162. The molecule has 0 aromatic rings. The molecule has 0 fully saturated rings. The third kappa shape index (κ3) is 3.60. The lowest BCUT2D eigenvalue weighted by Gasteiger charge is -1.96. The molecular weight excluding hydrogens is 247 g/mol. The Morgan fingerprint density at radius 1 is 1.70 bits per heavy atom. The molecule has 0 saturated carbocycles. The molecule has 56 valence electrons. The molecule has 0 radical (unpaired) electrons. The van der Waals surface area contributed by atoms with E-state index in [-0.39, 0.29) is 0 Å². The average Bonchev–Trinajstić information content (AvgIpc) is 1.89. The van der Waals surface area contributed by atoms with Crippen LogP contribution < -0.4 is 0 Å². The van der Waals surface area contributed by atoms with Crippen LogP contribution in [0.3, 0.4) is 0 Å². The van der Waals surface area contributed by atoms with Crippen molar-refractivity contribution < 1.29 is 14.3 Å². The van der Waals surface area contributed by atoms with E-state index in [1.165, 1.54) is 6.08 Å². The van der Waals surface area contributed by atoms with Crippen LogP contribution in [0.5, 0.6) is 0 Å². The lowest BCUT2D eigenvalue weighted by molar-refractivity contribution is -0.137. The standard InChI is InChI=1S/C6H7IO3/c1-2-10-6(9)5(7)3-4-8/h3-4H,2H2,1H3/b5-3-. The Morgan fingerprint density at radius 3 is 2.70 bits per heavy atom. The van der Waals surface area contributed by atoms with Gasteiger partial charge in [-0.25, -0.2) is 4.79 Å². The van der Waals surface area contributed by atoms with E-state index in [4.69, 9.17) is 0 Å². The molecule has 0 aliphatic rings. The number of carbonyl (C=O) groups excluding carboxylic acids is 2. The van der Waals surface area contributed by atoms with E-state index < -0.39 is 5.97 Å². The van der Waals surface area contributed by atoms with Gasteiger partial charge in [-0.05, 0) is 35.6 Å². The summed E-state index contributed by atoms with van der Waals surface area (Å²) in [4.78, 5) is 20.5. The fourth-order valence-electron chi connectivity index (χ4n) is 0.328. The van der Waals surface area contributed by atoms with Gasteiger partial charge >= 0.3 is 5.97 Å². The van der Waals surface area contributed by atoms with Gasteiger partial charge in [-0.1, -0.05) is 0 Å². The number of ether oxygens (including phenoxy) is 1. The first-order chi connectivity index (χ1) is 4.72. The van der Waals surface area contributed by atoms with Crippen LogP contribution in [0.2, 0.25) is 0 Å². The van der Waals surface area contributed by atoms with Crippen molar-refractivity contribution in [3.8, 4) is 0 Å². The highest BCUT2D eigenvalue weighted by atomic mass is 127. The SMILES string of the molecule is CCOC(=O)/C(I)=C/C=O.